The van der Waals surface area contributed by atoms with Gasteiger partial charge in [-0.05, 0) is 48.8 Å². The zero-order valence-corrected chi connectivity index (χ0v) is 14.3. The van der Waals surface area contributed by atoms with E-state index in [2.05, 4.69) is 13.0 Å². The Morgan fingerprint density at radius 3 is 2.75 bits per heavy atom. The number of aliphatic carboxylic acids is 1. The van der Waals surface area contributed by atoms with Gasteiger partial charge < -0.3 is 20.1 Å². The molecule has 1 aliphatic rings. The van der Waals surface area contributed by atoms with E-state index >= 15 is 0 Å². The molecule has 0 saturated carbocycles. The molecule has 0 bridgehead atoms. The Bertz CT molecular complexity index is 553. The van der Waals surface area contributed by atoms with Crippen LogP contribution in [0.5, 0.6) is 5.75 Å². The van der Waals surface area contributed by atoms with E-state index in [1.165, 1.54) is 5.56 Å². The fraction of sp³-hybridized carbons (Fsp3) is 0.632. The van der Waals surface area contributed by atoms with Gasteiger partial charge in [0.05, 0.1) is 0 Å². The van der Waals surface area contributed by atoms with E-state index in [1.54, 1.807) is 6.07 Å². The van der Waals surface area contributed by atoms with Crippen LogP contribution in [0.15, 0.2) is 18.2 Å². The number of carbonyl (C=O) groups is 1. The normalized spacial score (nSPS) is 17.0. The molecule has 1 aliphatic heterocycles. The Hall–Kier alpha value is -1.59. The first-order chi connectivity index (χ1) is 11.4. The maximum atomic E-state index is 10.6. The SMILES string of the molecule is CCCC(CCCCCC(=O)O)c1cccc2c1CCC(O)(O)O2. The number of rotatable bonds is 9. The molecule has 1 atom stereocenters. The summed E-state index contributed by atoms with van der Waals surface area (Å²) < 4.78 is 5.30. The lowest BCUT2D eigenvalue weighted by molar-refractivity contribution is -0.300. The van der Waals surface area contributed by atoms with Crippen molar-refractivity contribution in [3.63, 3.8) is 0 Å². The fourth-order valence-corrected chi connectivity index (χ4v) is 3.49. The van der Waals surface area contributed by atoms with Crippen molar-refractivity contribution in [1.29, 1.82) is 0 Å². The van der Waals surface area contributed by atoms with Gasteiger partial charge in [-0.3, -0.25) is 4.79 Å². The molecule has 3 N–H and O–H groups in total. The zero-order valence-electron chi connectivity index (χ0n) is 14.3. The van der Waals surface area contributed by atoms with Crippen LogP contribution in [0.2, 0.25) is 0 Å². The molecule has 1 aromatic rings. The van der Waals surface area contributed by atoms with Crippen LogP contribution in [0.1, 0.15) is 75.3 Å². The number of hydrogen-bond acceptors (Lipinski definition) is 4. The Labute approximate surface area is 143 Å². The van der Waals surface area contributed by atoms with Crippen LogP contribution < -0.4 is 4.74 Å². The molecule has 1 unspecified atom stereocenters. The molecule has 1 heterocycles. The van der Waals surface area contributed by atoms with Gasteiger partial charge in [-0.1, -0.05) is 38.3 Å². The maximum Gasteiger partial charge on any atom is 0.322 e. The number of aliphatic hydroxyl groups is 2. The van der Waals surface area contributed by atoms with Crippen LogP contribution in [0.4, 0.5) is 0 Å². The van der Waals surface area contributed by atoms with Gasteiger partial charge in [0.15, 0.2) is 0 Å². The van der Waals surface area contributed by atoms with Gasteiger partial charge in [-0.25, -0.2) is 0 Å². The van der Waals surface area contributed by atoms with E-state index in [0.717, 1.165) is 44.1 Å². The van der Waals surface area contributed by atoms with Gasteiger partial charge in [0.2, 0.25) is 0 Å². The summed E-state index contributed by atoms with van der Waals surface area (Å²) in [5.74, 6) is -1.83. The predicted octanol–water partition coefficient (Wildman–Crippen LogP) is 3.57. The van der Waals surface area contributed by atoms with Crippen LogP contribution in [0.3, 0.4) is 0 Å². The largest absolute Gasteiger partial charge is 0.481 e. The summed E-state index contributed by atoms with van der Waals surface area (Å²) in [4.78, 5) is 10.6. The smallest absolute Gasteiger partial charge is 0.322 e. The molecule has 2 rings (SSSR count). The number of fused-ring (bicyclic) bond motifs is 1. The molecule has 0 radical (unpaired) electrons. The highest BCUT2D eigenvalue weighted by Crippen LogP contribution is 2.39. The highest BCUT2D eigenvalue weighted by atomic mass is 16.8. The monoisotopic (exact) mass is 336 g/mol. The summed E-state index contributed by atoms with van der Waals surface area (Å²) in [7, 11) is 0. The van der Waals surface area contributed by atoms with Crippen molar-refractivity contribution in [2.45, 2.75) is 76.6 Å². The third kappa shape index (κ3) is 5.21. The van der Waals surface area contributed by atoms with Crippen LogP contribution in [-0.4, -0.2) is 27.3 Å². The van der Waals surface area contributed by atoms with Crippen molar-refractivity contribution in [1.82, 2.24) is 0 Å². The number of carboxylic acids is 1. The van der Waals surface area contributed by atoms with Crippen molar-refractivity contribution in [3.8, 4) is 5.75 Å². The van der Waals surface area contributed by atoms with Crippen molar-refractivity contribution in [2.24, 2.45) is 0 Å². The molecule has 5 heteroatoms. The summed E-state index contributed by atoms with van der Waals surface area (Å²) >= 11 is 0. The maximum absolute atomic E-state index is 10.6. The van der Waals surface area contributed by atoms with E-state index in [-0.39, 0.29) is 12.8 Å². The molecule has 0 spiro atoms. The third-order valence-corrected chi connectivity index (χ3v) is 4.66. The molecule has 0 fully saturated rings. The lowest BCUT2D eigenvalue weighted by atomic mass is 9.84. The summed E-state index contributed by atoms with van der Waals surface area (Å²) in [6, 6.07) is 5.80. The number of unbranched alkanes of at least 4 members (excludes halogenated alkanes) is 2. The van der Waals surface area contributed by atoms with Crippen LogP contribution in [0, 0.1) is 0 Å². The minimum Gasteiger partial charge on any atom is -0.481 e. The summed E-state index contributed by atoms with van der Waals surface area (Å²) in [5.41, 5.74) is 2.32. The molecule has 0 aliphatic carbocycles. The summed E-state index contributed by atoms with van der Waals surface area (Å²) in [6.07, 6.45) is 6.83. The van der Waals surface area contributed by atoms with E-state index in [0.29, 0.717) is 18.1 Å². The van der Waals surface area contributed by atoms with Crippen molar-refractivity contribution < 1.29 is 24.9 Å². The van der Waals surface area contributed by atoms with Crippen LogP contribution >= 0.6 is 0 Å². The molecule has 0 amide bonds. The predicted molar refractivity (Wildman–Crippen MR) is 90.9 cm³/mol. The average Bonchev–Trinajstić information content (AvgIpc) is 2.51. The number of ether oxygens (including phenoxy) is 1. The van der Waals surface area contributed by atoms with Gasteiger partial charge in [0.25, 0.3) is 0 Å². The molecular weight excluding hydrogens is 308 g/mol. The number of carboxylic acid groups (broad SMARTS) is 1. The van der Waals surface area contributed by atoms with Gasteiger partial charge in [-0.15, -0.1) is 0 Å². The highest BCUT2D eigenvalue weighted by Gasteiger charge is 2.33. The topological polar surface area (TPSA) is 87.0 Å². The Balaban J connectivity index is 2.04. The second-order valence-electron chi connectivity index (χ2n) is 6.65. The van der Waals surface area contributed by atoms with Gasteiger partial charge >= 0.3 is 11.9 Å². The summed E-state index contributed by atoms with van der Waals surface area (Å²) in [6.45, 7) is 2.16. The van der Waals surface area contributed by atoms with Crippen LogP contribution in [-0.2, 0) is 11.2 Å². The second-order valence-corrected chi connectivity index (χ2v) is 6.65. The second kappa shape index (κ2) is 8.49. The third-order valence-electron chi connectivity index (χ3n) is 4.66. The Kier molecular flexibility index (Phi) is 6.63. The van der Waals surface area contributed by atoms with Crippen molar-refractivity contribution in [3.05, 3.63) is 29.3 Å². The number of benzene rings is 1. The minimum atomic E-state index is -2.07. The van der Waals surface area contributed by atoms with Gasteiger partial charge in [0, 0.05) is 12.8 Å². The lowest BCUT2D eigenvalue weighted by Gasteiger charge is -2.31. The number of hydrogen-bond donors (Lipinski definition) is 3. The Morgan fingerprint density at radius 2 is 2.04 bits per heavy atom. The first-order valence-electron chi connectivity index (χ1n) is 8.90. The average molecular weight is 336 g/mol. The lowest BCUT2D eigenvalue weighted by Crippen LogP contribution is -2.39. The zero-order chi connectivity index (χ0) is 17.6. The molecule has 5 nitrogen and oxygen atoms in total. The van der Waals surface area contributed by atoms with Gasteiger partial charge in [0.1, 0.15) is 5.75 Å². The Morgan fingerprint density at radius 1 is 1.25 bits per heavy atom. The van der Waals surface area contributed by atoms with Crippen molar-refractivity contribution >= 4 is 5.97 Å². The molecular formula is C19H28O5. The quantitative estimate of drug-likeness (QED) is 0.474. The van der Waals surface area contributed by atoms with Crippen LogP contribution in [0.25, 0.3) is 0 Å². The summed E-state index contributed by atoms with van der Waals surface area (Å²) in [5, 5.41) is 28.1. The highest BCUT2D eigenvalue weighted by molar-refractivity contribution is 5.66. The fourth-order valence-electron chi connectivity index (χ4n) is 3.49. The van der Waals surface area contributed by atoms with E-state index < -0.39 is 11.9 Å². The molecule has 24 heavy (non-hydrogen) atoms. The first kappa shape index (κ1) is 18.7. The molecule has 1 aromatic carbocycles. The standard InChI is InChI=1S/C19H28O5/c1-2-7-14(8-4-3-5-11-18(20)21)15-9-6-10-17-16(15)12-13-19(22,23)24-17/h6,9-10,14,22-23H,2-5,7-8,11-13H2,1H3,(H,20,21). The van der Waals surface area contributed by atoms with Crippen molar-refractivity contribution in [2.75, 3.05) is 0 Å². The molecule has 134 valence electrons. The minimum absolute atomic E-state index is 0.175. The van der Waals surface area contributed by atoms with E-state index in [1.807, 2.05) is 6.07 Å². The van der Waals surface area contributed by atoms with E-state index in [9.17, 15) is 15.0 Å². The molecule has 0 saturated heterocycles. The van der Waals surface area contributed by atoms with E-state index in [4.69, 9.17) is 9.84 Å². The molecule has 0 aromatic heterocycles. The van der Waals surface area contributed by atoms with Gasteiger partial charge in [-0.2, -0.15) is 0 Å². The first-order valence-corrected chi connectivity index (χ1v) is 8.90.